The Bertz CT molecular complexity index is 1360. The molecule has 4 rings (SSSR count). The minimum atomic E-state index is -0.328. The van der Waals surface area contributed by atoms with Gasteiger partial charge in [-0.1, -0.05) is 42.5 Å². The van der Waals surface area contributed by atoms with Crippen LogP contribution >= 0.6 is 0 Å². The van der Waals surface area contributed by atoms with Crippen molar-refractivity contribution in [3.05, 3.63) is 129 Å². The molecule has 166 valence electrons. The number of anilines is 1. The molecule has 8 nitrogen and oxygen atoms in total. The summed E-state index contributed by atoms with van der Waals surface area (Å²) in [7, 11) is 0. The maximum Gasteiger partial charge on any atom is 0.347 e. The second kappa shape index (κ2) is 10.2. The van der Waals surface area contributed by atoms with Crippen LogP contribution < -0.4 is 21.9 Å². The van der Waals surface area contributed by atoms with Crippen LogP contribution in [0, 0.1) is 0 Å². The third-order valence-electron chi connectivity index (χ3n) is 5.05. The topological polar surface area (TPSA) is 98.0 Å². The van der Waals surface area contributed by atoms with Crippen molar-refractivity contribution < 1.29 is 4.79 Å². The normalized spacial score (nSPS) is 10.5. The van der Waals surface area contributed by atoms with Gasteiger partial charge in [0.05, 0.1) is 13.1 Å². The fraction of sp³-hybridized carbons (Fsp3) is 0.120. The van der Waals surface area contributed by atoms with Crippen LogP contribution in [0.2, 0.25) is 0 Å². The molecule has 0 radical (unpaired) electrons. The van der Waals surface area contributed by atoms with E-state index in [1.54, 1.807) is 35.2 Å². The number of hydrogen-bond acceptors (Lipinski definition) is 4. The first-order valence-electron chi connectivity index (χ1n) is 10.5. The van der Waals surface area contributed by atoms with Gasteiger partial charge in [-0.05, 0) is 41.0 Å². The average Bonchev–Trinajstić information content (AvgIpc) is 2.82. The van der Waals surface area contributed by atoms with E-state index in [4.69, 9.17) is 0 Å². The number of rotatable bonds is 7. The number of amides is 2. The summed E-state index contributed by atoms with van der Waals surface area (Å²) in [6.07, 6.45) is 4.89. The average molecular weight is 441 g/mol. The molecule has 4 aromatic rings. The Morgan fingerprint density at radius 2 is 1.55 bits per heavy atom. The third kappa shape index (κ3) is 6.04. The summed E-state index contributed by atoms with van der Waals surface area (Å²) in [5.74, 6) is 0. The molecule has 0 bridgehead atoms. The van der Waals surface area contributed by atoms with Crippen molar-refractivity contribution in [3.8, 4) is 0 Å². The number of carbonyl (C=O) groups is 1. The van der Waals surface area contributed by atoms with Gasteiger partial charge >= 0.3 is 11.7 Å². The second-order valence-corrected chi connectivity index (χ2v) is 7.52. The van der Waals surface area contributed by atoms with E-state index in [0.717, 1.165) is 16.7 Å². The van der Waals surface area contributed by atoms with Crippen LogP contribution in [0.5, 0.6) is 0 Å². The van der Waals surface area contributed by atoms with Crippen molar-refractivity contribution in [2.75, 3.05) is 5.32 Å². The van der Waals surface area contributed by atoms with Crippen LogP contribution in [0.4, 0.5) is 10.5 Å². The van der Waals surface area contributed by atoms with E-state index < -0.39 is 0 Å². The number of pyridine rings is 1. The summed E-state index contributed by atoms with van der Waals surface area (Å²) in [6.45, 7) is 1.23. The lowest BCUT2D eigenvalue weighted by atomic mass is 10.1. The van der Waals surface area contributed by atoms with E-state index in [2.05, 4.69) is 15.6 Å². The van der Waals surface area contributed by atoms with Crippen LogP contribution in [-0.2, 0) is 19.6 Å². The van der Waals surface area contributed by atoms with E-state index in [1.807, 2.05) is 48.5 Å². The highest BCUT2D eigenvalue weighted by Gasteiger charge is 2.05. The molecule has 2 N–H and O–H groups in total. The zero-order valence-corrected chi connectivity index (χ0v) is 17.8. The van der Waals surface area contributed by atoms with Crippen LogP contribution in [-0.4, -0.2) is 20.1 Å². The molecule has 0 spiro atoms. The molecule has 0 unspecified atom stereocenters. The van der Waals surface area contributed by atoms with Crippen LogP contribution in [0.25, 0.3) is 0 Å². The largest absolute Gasteiger partial charge is 0.347 e. The summed E-state index contributed by atoms with van der Waals surface area (Å²) < 4.78 is 3.14. The Balaban J connectivity index is 1.30. The second-order valence-electron chi connectivity index (χ2n) is 7.52. The minimum absolute atomic E-state index is 0.0449. The molecule has 0 aliphatic carbocycles. The quantitative estimate of drug-likeness (QED) is 0.461. The fourth-order valence-corrected chi connectivity index (χ4v) is 3.36. The molecule has 0 aliphatic heterocycles. The molecule has 2 amide bonds. The Labute approximate surface area is 190 Å². The molecule has 8 heteroatoms. The van der Waals surface area contributed by atoms with Crippen molar-refractivity contribution in [2.45, 2.75) is 19.6 Å². The van der Waals surface area contributed by atoms with Gasteiger partial charge in [-0.2, -0.15) is 0 Å². The standard InChI is InChI=1S/C25H23N5O3/c31-23-7-1-2-13-29(23)17-20-10-8-19(9-11-20)16-27-24(32)28-22-6-3-5-21(15-22)18-30-14-4-12-26-25(30)33/h1-15H,16-18H2,(H2,27,28,32). The maximum atomic E-state index is 12.3. The summed E-state index contributed by atoms with van der Waals surface area (Å²) in [6, 6.07) is 21.5. The van der Waals surface area contributed by atoms with Crippen LogP contribution in [0.3, 0.4) is 0 Å². The van der Waals surface area contributed by atoms with Gasteiger partial charge in [0.1, 0.15) is 0 Å². The zero-order chi connectivity index (χ0) is 23.0. The van der Waals surface area contributed by atoms with Gasteiger partial charge in [0.2, 0.25) is 0 Å². The molecular formula is C25H23N5O3. The van der Waals surface area contributed by atoms with Gasteiger partial charge in [-0.25, -0.2) is 14.6 Å². The van der Waals surface area contributed by atoms with E-state index in [9.17, 15) is 14.4 Å². The molecule has 2 aromatic carbocycles. The Kier molecular flexibility index (Phi) is 6.75. The number of carbonyl (C=O) groups excluding carboxylic acids is 1. The predicted molar refractivity (Wildman–Crippen MR) is 126 cm³/mol. The number of nitrogens with zero attached hydrogens (tertiary/aromatic N) is 3. The Hall–Kier alpha value is -4.46. The van der Waals surface area contributed by atoms with Crippen molar-refractivity contribution in [3.63, 3.8) is 0 Å². The van der Waals surface area contributed by atoms with Gasteiger partial charge in [0.15, 0.2) is 0 Å². The van der Waals surface area contributed by atoms with Crippen LogP contribution in [0.15, 0.2) is 101 Å². The highest BCUT2D eigenvalue weighted by molar-refractivity contribution is 5.89. The number of benzene rings is 2. The summed E-state index contributed by atoms with van der Waals surface area (Å²) in [5, 5.41) is 5.65. The molecule has 0 fully saturated rings. The van der Waals surface area contributed by atoms with Gasteiger partial charge in [0, 0.05) is 36.9 Å². The smallest absolute Gasteiger partial charge is 0.334 e. The number of urea groups is 1. The number of aromatic nitrogens is 3. The molecular weight excluding hydrogens is 418 g/mol. The van der Waals surface area contributed by atoms with Gasteiger partial charge < -0.3 is 15.2 Å². The zero-order valence-electron chi connectivity index (χ0n) is 17.8. The lowest BCUT2D eigenvalue weighted by Crippen LogP contribution is -2.28. The molecule has 0 saturated carbocycles. The van der Waals surface area contributed by atoms with E-state index in [-0.39, 0.29) is 17.3 Å². The molecule has 0 saturated heterocycles. The van der Waals surface area contributed by atoms with E-state index >= 15 is 0 Å². The SMILES string of the molecule is O=C(NCc1ccc(Cn2ccccc2=O)cc1)Nc1cccc(Cn2cccnc2=O)c1. The lowest BCUT2D eigenvalue weighted by molar-refractivity contribution is 0.251. The van der Waals surface area contributed by atoms with Crippen LogP contribution in [0.1, 0.15) is 16.7 Å². The highest BCUT2D eigenvalue weighted by atomic mass is 16.2. The first-order valence-corrected chi connectivity index (χ1v) is 10.5. The lowest BCUT2D eigenvalue weighted by Gasteiger charge is -2.10. The van der Waals surface area contributed by atoms with Crippen molar-refractivity contribution >= 4 is 11.7 Å². The molecule has 2 heterocycles. The van der Waals surface area contributed by atoms with Crippen molar-refractivity contribution in [1.29, 1.82) is 0 Å². The summed E-state index contributed by atoms with van der Waals surface area (Å²) >= 11 is 0. The summed E-state index contributed by atoms with van der Waals surface area (Å²) in [4.78, 5) is 39.7. The van der Waals surface area contributed by atoms with E-state index in [1.165, 1.54) is 16.8 Å². The minimum Gasteiger partial charge on any atom is -0.334 e. The molecule has 0 atom stereocenters. The Morgan fingerprint density at radius 3 is 2.33 bits per heavy atom. The fourth-order valence-electron chi connectivity index (χ4n) is 3.36. The van der Waals surface area contributed by atoms with Crippen molar-refractivity contribution in [2.24, 2.45) is 0 Å². The first kappa shape index (κ1) is 21.8. The molecule has 33 heavy (non-hydrogen) atoms. The number of nitrogens with one attached hydrogen (secondary N) is 2. The highest BCUT2D eigenvalue weighted by Crippen LogP contribution is 2.12. The monoisotopic (exact) mass is 441 g/mol. The molecule has 2 aromatic heterocycles. The predicted octanol–water partition coefficient (Wildman–Crippen LogP) is 2.82. The third-order valence-corrected chi connectivity index (χ3v) is 5.05. The maximum absolute atomic E-state index is 12.3. The van der Waals surface area contributed by atoms with Gasteiger partial charge in [-0.3, -0.25) is 9.36 Å². The number of hydrogen-bond donors (Lipinski definition) is 2. The van der Waals surface area contributed by atoms with Gasteiger partial charge in [0.25, 0.3) is 5.56 Å². The molecule has 0 aliphatic rings. The Morgan fingerprint density at radius 1 is 0.788 bits per heavy atom. The first-order chi connectivity index (χ1) is 16.1. The van der Waals surface area contributed by atoms with Gasteiger partial charge in [-0.15, -0.1) is 0 Å². The summed E-state index contributed by atoms with van der Waals surface area (Å²) in [5.41, 5.74) is 3.08. The van der Waals surface area contributed by atoms with Crippen molar-refractivity contribution in [1.82, 2.24) is 19.4 Å². The van der Waals surface area contributed by atoms with E-state index in [0.29, 0.717) is 25.3 Å².